The lowest BCUT2D eigenvalue weighted by Crippen LogP contribution is -2.49. The van der Waals surface area contributed by atoms with Crippen molar-refractivity contribution in [1.82, 2.24) is 34.7 Å². The van der Waals surface area contributed by atoms with Gasteiger partial charge in [-0.25, -0.2) is 18.9 Å². The van der Waals surface area contributed by atoms with Crippen molar-refractivity contribution in [2.24, 2.45) is 0 Å². The molecule has 0 amide bonds. The van der Waals surface area contributed by atoms with Crippen LogP contribution in [0, 0.1) is 5.82 Å². The number of nitrogens with one attached hydrogen (secondary N) is 1. The smallest absolute Gasteiger partial charge is 0.191 e. The van der Waals surface area contributed by atoms with E-state index in [9.17, 15) is 5.11 Å². The third kappa shape index (κ3) is 5.90. The van der Waals surface area contributed by atoms with Crippen LogP contribution >= 0.6 is 0 Å². The number of rotatable bonds is 8. The van der Waals surface area contributed by atoms with Crippen LogP contribution in [-0.2, 0) is 0 Å². The fraction of sp³-hybridized carbons (Fsp3) is 0.452. The Morgan fingerprint density at radius 1 is 1.07 bits per heavy atom. The number of halogens is 1. The van der Waals surface area contributed by atoms with Crippen molar-refractivity contribution in [3.05, 3.63) is 54.6 Å². The highest BCUT2D eigenvalue weighted by atomic mass is 19.1. The predicted octanol–water partition coefficient (Wildman–Crippen LogP) is 3.17. The first kappa shape index (κ1) is 28.3. The molecule has 11 heteroatoms. The van der Waals surface area contributed by atoms with Crippen LogP contribution in [0.15, 0.2) is 48.8 Å². The Morgan fingerprint density at radius 3 is 2.67 bits per heavy atom. The number of aromatic nitrogens is 4. The maximum atomic E-state index is 16.9. The van der Waals surface area contributed by atoms with E-state index in [1.165, 1.54) is 0 Å². The molecule has 2 fully saturated rings. The second kappa shape index (κ2) is 12.2. The molecule has 5 heterocycles. The molecule has 0 aliphatic carbocycles. The van der Waals surface area contributed by atoms with Crippen molar-refractivity contribution in [2.45, 2.75) is 18.9 Å². The van der Waals surface area contributed by atoms with Gasteiger partial charge in [-0.15, -0.1) is 0 Å². The molecule has 2 saturated heterocycles. The van der Waals surface area contributed by atoms with Crippen molar-refractivity contribution < 1.29 is 9.50 Å². The Balaban J connectivity index is 1.51. The van der Waals surface area contributed by atoms with Crippen LogP contribution in [-0.4, -0.2) is 114 Å². The molecule has 0 unspecified atom stereocenters. The molecule has 3 aromatic heterocycles. The molecule has 0 bridgehead atoms. The number of anilines is 2. The van der Waals surface area contributed by atoms with E-state index in [1.54, 1.807) is 22.8 Å². The molecule has 222 valence electrons. The average Bonchev–Trinajstić information content (AvgIpc) is 3.43. The van der Waals surface area contributed by atoms with Crippen molar-refractivity contribution in [3.8, 4) is 28.4 Å². The van der Waals surface area contributed by atoms with Gasteiger partial charge in [-0.2, -0.15) is 5.10 Å². The highest BCUT2D eigenvalue weighted by Crippen LogP contribution is 2.36. The first-order valence-electron chi connectivity index (χ1n) is 14.8. The Bertz CT molecular complexity index is 1530. The first-order valence-corrected chi connectivity index (χ1v) is 14.8. The monoisotopic (exact) mass is 573 g/mol. The molecule has 1 aromatic carbocycles. The van der Waals surface area contributed by atoms with E-state index in [-0.39, 0.29) is 23.3 Å². The molecule has 6 rings (SSSR count). The van der Waals surface area contributed by atoms with E-state index in [0.29, 0.717) is 17.9 Å². The lowest BCUT2D eigenvalue weighted by atomic mass is 10.0. The molecule has 42 heavy (non-hydrogen) atoms. The number of piperazine rings is 1. The normalized spacial score (nSPS) is 18.2. The van der Waals surface area contributed by atoms with Crippen LogP contribution in [0.1, 0.15) is 12.8 Å². The molecule has 4 aromatic rings. The van der Waals surface area contributed by atoms with E-state index >= 15 is 4.39 Å². The van der Waals surface area contributed by atoms with Gasteiger partial charge >= 0.3 is 0 Å². The van der Waals surface area contributed by atoms with Gasteiger partial charge in [0.05, 0.1) is 17.3 Å². The summed E-state index contributed by atoms with van der Waals surface area (Å²) >= 11 is 0. The first-order chi connectivity index (χ1) is 20.4. The van der Waals surface area contributed by atoms with Crippen molar-refractivity contribution in [3.63, 3.8) is 0 Å². The average molecular weight is 574 g/mol. The minimum Gasteiger partial charge on any atom is -0.508 e. The summed E-state index contributed by atoms with van der Waals surface area (Å²) in [6.45, 7) is 6.60. The van der Waals surface area contributed by atoms with E-state index in [2.05, 4.69) is 37.1 Å². The largest absolute Gasteiger partial charge is 0.508 e. The second-order valence-electron chi connectivity index (χ2n) is 11.6. The summed E-state index contributed by atoms with van der Waals surface area (Å²) in [4.78, 5) is 18.5. The Kier molecular flexibility index (Phi) is 8.23. The van der Waals surface area contributed by atoms with E-state index < -0.39 is 5.82 Å². The van der Waals surface area contributed by atoms with Crippen LogP contribution in [0.2, 0.25) is 0 Å². The number of hydrogen-bond acceptors (Lipinski definition) is 9. The zero-order valence-electron chi connectivity index (χ0n) is 24.7. The number of aromatic hydroxyl groups is 1. The summed E-state index contributed by atoms with van der Waals surface area (Å²) < 4.78 is 18.6. The van der Waals surface area contributed by atoms with Crippen LogP contribution < -0.4 is 15.1 Å². The number of phenolic OH excluding ortho intramolecular Hbond substituents is 1. The standard InChI is InChI=1S/C31H40FN9O/c1-37(2)11-16-40(23-7-6-9-33-20-23)31-28(32)29(35-30(36-31)26-21-34-41-10-5-4-8-27(26)41)22-17-24(19-25(42)18-22)39-14-12-38(3)13-15-39/h4-5,8,10,17-19,21,23,33,42H,6-7,9,11-16,20H2,1-3H3/t23-/m1/s1. The van der Waals surface area contributed by atoms with Crippen molar-refractivity contribution in [1.29, 1.82) is 0 Å². The van der Waals surface area contributed by atoms with Gasteiger partial charge in [-0.1, -0.05) is 6.07 Å². The quantitative estimate of drug-likeness (QED) is 0.330. The Labute approximate surface area is 246 Å². The molecule has 0 radical (unpaired) electrons. The van der Waals surface area contributed by atoms with Gasteiger partial charge in [0.2, 0.25) is 0 Å². The van der Waals surface area contributed by atoms with Gasteiger partial charge in [-0.3, -0.25) is 0 Å². The number of hydrogen-bond donors (Lipinski definition) is 2. The number of likely N-dealkylation sites (N-methyl/N-ethyl adjacent to an activating group) is 2. The Hall–Kier alpha value is -3.80. The molecule has 2 N–H and O–H groups in total. The van der Waals surface area contributed by atoms with E-state index in [0.717, 1.165) is 75.4 Å². The maximum Gasteiger partial charge on any atom is 0.191 e. The number of fused-ring (bicyclic) bond motifs is 1. The second-order valence-corrected chi connectivity index (χ2v) is 11.6. The molecule has 1 atom stereocenters. The summed E-state index contributed by atoms with van der Waals surface area (Å²) in [6.07, 6.45) is 5.58. The number of benzene rings is 1. The lowest BCUT2D eigenvalue weighted by Gasteiger charge is -2.36. The van der Waals surface area contributed by atoms with Gasteiger partial charge in [-0.05, 0) is 64.8 Å². The third-order valence-electron chi connectivity index (χ3n) is 8.32. The highest BCUT2D eigenvalue weighted by molar-refractivity contribution is 5.79. The SMILES string of the molecule is CN(C)CCN(c1nc(-c2cnn3ccccc23)nc(-c2cc(O)cc(N3CCN(C)CC3)c2)c1F)[C@@H]1CCCNC1. The predicted molar refractivity (Wildman–Crippen MR) is 165 cm³/mol. The number of piperidine rings is 1. The van der Waals surface area contributed by atoms with Crippen LogP contribution in [0.5, 0.6) is 5.75 Å². The topological polar surface area (TPSA) is 88.3 Å². The van der Waals surface area contributed by atoms with Gasteiger partial charge < -0.3 is 30.0 Å². The molecular weight excluding hydrogens is 533 g/mol. The summed E-state index contributed by atoms with van der Waals surface area (Å²) in [7, 11) is 6.15. The summed E-state index contributed by atoms with van der Waals surface area (Å²) in [6, 6.07) is 11.2. The molecule has 10 nitrogen and oxygen atoms in total. The summed E-state index contributed by atoms with van der Waals surface area (Å²) in [5, 5.41) is 18.8. The number of phenols is 1. The van der Waals surface area contributed by atoms with Gasteiger partial charge in [0.15, 0.2) is 17.5 Å². The number of nitrogens with zero attached hydrogens (tertiary/aromatic N) is 8. The molecule has 0 spiro atoms. The van der Waals surface area contributed by atoms with Crippen molar-refractivity contribution in [2.75, 3.05) is 83.3 Å². The molecule has 2 aliphatic heterocycles. The Morgan fingerprint density at radius 2 is 1.90 bits per heavy atom. The minimum absolute atomic E-state index is 0.0828. The lowest BCUT2D eigenvalue weighted by molar-refractivity contribution is 0.312. The molecule has 2 aliphatic rings. The molecule has 0 saturated carbocycles. The van der Waals surface area contributed by atoms with Crippen LogP contribution in [0.4, 0.5) is 15.9 Å². The summed E-state index contributed by atoms with van der Waals surface area (Å²) in [5.41, 5.74) is 3.13. The molecular formula is C31H40FN9O. The van der Waals surface area contributed by atoms with Gasteiger partial charge in [0.1, 0.15) is 11.4 Å². The van der Waals surface area contributed by atoms with Crippen molar-refractivity contribution >= 4 is 17.0 Å². The fourth-order valence-corrected chi connectivity index (χ4v) is 5.89. The van der Waals surface area contributed by atoms with Crippen LogP contribution in [0.25, 0.3) is 28.2 Å². The zero-order chi connectivity index (χ0) is 29.2. The van der Waals surface area contributed by atoms with Gasteiger partial charge in [0.25, 0.3) is 0 Å². The minimum atomic E-state index is -0.477. The highest BCUT2D eigenvalue weighted by Gasteiger charge is 2.29. The van der Waals surface area contributed by atoms with Gasteiger partial charge in [0, 0.05) is 75.4 Å². The fourth-order valence-electron chi connectivity index (χ4n) is 5.89. The zero-order valence-corrected chi connectivity index (χ0v) is 24.7. The van der Waals surface area contributed by atoms with Crippen LogP contribution in [0.3, 0.4) is 0 Å². The summed E-state index contributed by atoms with van der Waals surface area (Å²) in [5.74, 6) is 0.296. The maximum absolute atomic E-state index is 16.9. The van der Waals surface area contributed by atoms with E-state index in [1.807, 2.05) is 44.6 Å². The van der Waals surface area contributed by atoms with E-state index in [4.69, 9.17) is 9.97 Å². The third-order valence-corrected chi connectivity index (χ3v) is 8.32. The number of pyridine rings is 1.